The molecule has 2 amide bonds. The van der Waals surface area contributed by atoms with Crippen molar-refractivity contribution in [2.45, 2.75) is 65.6 Å². The number of aryl methyl sites for hydroxylation is 1. The van der Waals surface area contributed by atoms with E-state index in [0.29, 0.717) is 12.1 Å². The maximum Gasteiger partial charge on any atom is 0.437 e. The molecule has 3 rings (SSSR count). The van der Waals surface area contributed by atoms with Crippen molar-refractivity contribution < 1.29 is 37.4 Å². The maximum atomic E-state index is 14.7. The number of carbonyl (C=O) groups excluding carboxylic acids is 3. The number of carbonyl (C=O) groups is 3. The highest BCUT2D eigenvalue weighted by atomic mass is 19.1. The summed E-state index contributed by atoms with van der Waals surface area (Å²) < 4.78 is 45.0. The fourth-order valence-corrected chi connectivity index (χ4v) is 3.65. The second-order valence-corrected chi connectivity index (χ2v) is 11.5. The predicted octanol–water partition coefficient (Wildman–Crippen LogP) is 7.20. The molecule has 228 valence electrons. The zero-order valence-electron chi connectivity index (χ0n) is 24.9. The highest BCUT2D eigenvalue weighted by Gasteiger charge is 2.21. The largest absolute Gasteiger partial charge is 0.444 e. The van der Waals surface area contributed by atoms with Crippen molar-refractivity contribution >= 4 is 29.8 Å². The lowest BCUT2D eigenvalue weighted by atomic mass is 10.0. The van der Waals surface area contributed by atoms with E-state index in [1.165, 1.54) is 24.3 Å². The van der Waals surface area contributed by atoms with Gasteiger partial charge in [-0.1, -0.05) is 30.3 Å². The van der Waals surface area contributed by atoms with Gasteiger partial charge in [0.05, 0.1) is 5.56 Å². The number of nitrogens with zero attached hydrogens (tertiary/aromatic N) is 1. The lowest BCUT2D eigenvalue weighted by Gasteiger charge is -2.21. The lowest BCUT2D eigenvalue weighted by Crippen LogP contribution is -2.40. The molecule has 0 aliphatic carbocycles. The number of hydrogen-bond donors (Lipinski definition) is 2. The Kier molecular flexibility index (Phi) is 10.6. The topological polar surface area (TPSA) is 115 Å². The highest BCUT2D eigenvalue weighted by Crippen LogP contribution is 2.23. The lowest BCUT2D eigenvalue weighted by molar-refractivity contribution is 0.0561. The fraction of sp³-hybridized carbons (Fsp3) is 0.312. The molecule has 3 aromatic carbocycles. The van der Waals surface area contributed by atoms with Gasteiger partial charge in [-0.2, -0.15) is 0 Å². The Hall–Kier alpha value is -4.80. The maximum absolute atomic E-state index is 14.7. The Bertz CT molecular complexity index is 1450. The van der Waals surface area contributed by atoms with Gasteiger partial charge in [-0.15, -0.1) is 4.99 Å². The summed E-state index contributed by atoms with van der Waals surface area (Å²) >= 11 is 0. The summed E-state index contributed by atoms with van der Waals surface area (Å²) in [4.78, 5) is 41.0. The average molecular weight is 596 g/mol. The van der Waals surface area contributed by atoms with Gasteiger partial charge in [0.25, 0.3) is 0 Å². The molecule has 2 N–H and O–H groups in total. The first-order chi connectivity index (χ1) is 20.1. The van der Waals surface area contributed by atoms with Crippen molar-refractivity contribution in [3.05, 3.63) is 95.1 Å². The number of esters is 1. The van der Waals surface area contributed by atoms with Gasteiger partial charge in [0, 0.05) is 23.4 Å². The van der Waals surface area contributed by atoms with E-state index in [9.17, 15) is 23.2 Å². The molecular weight excluding hydrogens is 560 g/mol. The number of ether oxygens (including phenoxy) is 3. The highest BCUT2D eigenvalue weighted by molar-refractivity contribution is 6.06. The van der Waals surface area contributed by atoms with Crippen molar-refractivity contribution in [3.8, 4) is 5.75 Å². The van der Waals surface area contributed by atoms with Gasteiger partial charge in [-0.3, -0.25) is 5.32 Å². The second kappa shape index (κ2) is 13.9. The summed E-state index contributed by atoms with van der Waals surface area (Å²) in [6.45, 7) is 10.0. The fourth-order valence-electron chi connectivity index (χ4n) is 3.65. The monoisotopic (exact) mass is 595 g/mol. The van der Waals surface area contributed by atoms with Gasteiger partial charge in [0.15, 0.2) is 0 Å². The van der Waals surface area contributed by atoms with Crippen LogP contribution in [0.2, 0.25) is 0 Å². The summed E-state index contributed by atoms with van der Waals surface area (Å²) in [5, 5.41) is 5.12. The van der Waals surface area contributed by atoms with Gasteiger partial charge in [0.1, 0.15) is 28.6 Å². The zero-order valence-corrected chi connectivity index (χ0v) is 24.9. The van der Waals surface area contributed by atoms with E-state index in [4.69, 9.17) is 14.2 Å². The molecule has 0 fully saturated rings. The molecule has 0 radical (unpaired) electrons. The standard InChI is InChI=1S/C32H35F2N3O6/c1-31(2,3)42-29(39)36-28(37-30(40)43-32(4,5)6)35-22-15-13-21(14-16-22)27(38)41-23-18-25(33)24(26(34)19-23)17-12-20-10-8-7-9-11-20/h7-11,13-16,18-19H,12,17H2,1-6H3,(H2,35,36,37,39,40). The summed E-state index contributed by atoms with van der Waals surface area (Å²) in [5.74, 6) is -3.03. The Morgan fingerprint density at radius 2 is 1.37 bits per heavy atom. The van der Waals surface area contributed by atoms with Crippen LogP contribution in [0.1, 0.15) is 63.0 Å². The molecule has 43 heavy (non-hydrogen) atoms. The number of anilines is 1. The van der Waals surface area contributed by atoms with E-state index in [1.807, 2.05) is 30.3 Å². The number of rotatable bonds is 6. The summed E-state index contributed by atoms with van der Waals surface area (Å²) in [5.41, 5.74) is -0.382. The molecule has 0 atom stereocenters. The number of hydrogen-bond acceptors (Lipinski definition) is 6. The molecule has 0 aromatic heterocycles. The molecule has 0 aliphatic rings. The summed E-state index contributed by atoms with van der Waals surface area (Å²) in [6.07, 6.45) is -1.23. The van der Waals surface area contributed by atoms with E-state index in [2.05, 4.69) is 15.6 Å². The number of guanidine groups is 1. The van der Waals surface area contributed by atoms with E-state index < -0.39 is 41.0 Å². The van der Waals surface area contributed by atoms with E-state index >= 15 is 0 Å². The van der Waals surface area contributed by atoms with Crippen LogP contribution in [0.4, 0.5) is 24.1 Å². The molecule has 9 nitrogen and oxygen atoms in total. The van der Waals surface area contributed by atoms with Crippen LogP contribution in [0, 0.1) is 11.6 Å². The normalized spacial score (nSPS) is 11.9. The summed E-state index contributed by atoms with van der Waals surface area (Å²) in [7, 11) is 0. The Balaban J connectivity index is 1.69. The van der Waals surface area contributed by atoms with Gasteiger partial charge in [-0.25, -0.2) is 23.2 Å². The first kappa shape index (κ1) is 32.7. The quantitative estimate of drug-likeness (QED) is 0.134. The van der Waals surface area contributed by atoms with Crippen LogP contribution in [0.25, 0.3) is 0 Å². The molecule has 11 heteroatoms. The van der Waals surface area contributed by atoms with Crippen LogP contribution in [-0.2, 0) is 22.3 Å². The first-order valence-electron chi connectivity index (χ1n) is 13.5. The van der Waals surface area contributed by atoms with Crippen molar-refractivity contribution in [3.63, 3.8) is 0 Å². The molecule has 0 aliphatic heterocycles. The van der Waals surface area contributed by atoms with E-state index in [0.717, 1.165) is 17.7 Å². The zero-order chi connectivity index (χ0) is 31.8. The molecule has 0 unspecified atom stereocenters. The minimum atomic E-state index is -0.961. The van der Waals surface area contributed by atoms with Crippen LogP contribution < -0.4 is 15.4 Å². The molecule has 0 bridgehead atoms. The molecule has 0 heterocycles. The van der Waals surface area contributed by atoms with E-state index in [-0.39, 0.29) is 29.3 Å². The third-order valence-electron chi connectivity index (χ3n) is 5.43. The van der Waals surface area contributed by atoms with Gasteiger partial charge >= 0.3 is 18.2 Å². The number of halogens is 2. The molecule has 0 spiro atoms. The number of benzene rings is 3. The Morgan fingerprint density at radius 3 is 1.93 bits per heavy atom. The number of aliphatic imine (C=N–C) groups is 1. The van der Waals surface area contributed by atoms with Crippen molar-refractivity contribution in [2.24, 2.45) is 4.99 Å². The molecule has 0 saturated carbocycles. The SMILES string of the molecule is CC(C)(C)OC(=O)/N=C(/NC(=O)OC(C)(C)C)Nc1ccc(C(=O)Oc2cc(F)c(CCc3ccccc3)c(F)c2)cc1. The van der Waals surface area contributed by atoms with Crippen LogP contribution in [0.3, 0.4) is 0 Å². The smallest absolute Gasteiger partial charge is 0.437 e. The van der Waals surface area contributed by atoms with Gasteiger partial charge in [-0.05, 0) is 84.2 Å². The molecular formula is C32H35F2N3O6. The Labute approximate surface area is 249 Å². The third kappa shape index (κ3) is 11.2. The van der Waals surface area contributed by atoms with Gasteiger partial charge in [0.2, 0.25) is 5.96 Å². The minimum Gasteiger partial charge on any atom is -0.444 e. The predicted molar refractivity (Wildman–Crippen MR) is 158 cm³/mol. The van der Waals surface area contributed by atoms with Crippen LogP contribution in [0.5, 0.6) is 5.75 Å². The number of alkyl carbamates (subject to hydrolysis) is 1. The average Bonchev–Trinajstić information content (AvgIpc) is 2.87. The van der Waals surface area contributed by atoms with Crippen molar-refractivity contribution in [1.29, 1.82) is 0 Å². The van der Waals surface area contributed by atoms with Crippen LogP contribution in [-0.4, -0.2) is 35.3 Å². The minimum absolute atomic E-state index is 0.0743. The van der Waals surface area contributed by atoms with E-state index in [1.54, 1.807) is 41.5 Å². The van der Waals surface area contributed by atoms with Gasteiger partial charge < -0.3 is 19.5 Å². The molecule has 3 aromatic rings. The summed E-state index contributed by atoms with van der Waals surface area (Å²) in [6, 6.07) is 16.9. The first-order valence-corrected chi connectivity index (χ1v) is 13.5. The number of amides is 2. The second-order valence-electron chi connectivity index (χ2n) is 11.5. The Morgan fingerprint density at radius 1 is 0.791 bits per heavy atom. The van der Waals surface area contributed by atoms with Crippen LogP contribution in [0.15, 0.2) is 71.7 Å². The van der Waals surface area contributed by atoms with Crippen molar-refractivity contribution in [2.75, 3.05) is 5.32 Å². The third-order valence-corrected chi connectivity index (χ3v) is 5.43. The molecule has 0 saturated heterocycles. The number of nitrogens with one attached hydrogen (secondary N) is 2. The van der Waals surface area contributed by atoms with Crippen molar-refractivity contribution in [1.82, 2.24) is 5.32 Å². The van der Waals surface area contributed by atoms with Crippen LogP contribution >= 0.6 is 0 Å².